The van der Waals surface area contributed by atoms with Gasteiger partial charge in [-0.2, -0.15) is 0 Å². The highest BCUT2D eigenvalue weighted by molar-refractivity contribution is 5.84. The second kappa shape index (κ2) is 10.9. The van der Waals surface area contributed by atoms with E-state index in [-0.39, 0.29) is 11.6 Å². The fraction of sp³-hybridized carbons (Fsp3) is 0.333. The summed E-state index contributed by atoms with van der Waals surface area (Å²) < 4.78 is 35.0. The molecule has 0 radical (unpaired) electrons. The van der Waals surface area contributed by atoms with Gasteiger partial charge in [0, 0.05) is 5.56 Å². The maximum atomic E-state index is 14.7. The second-order valence-electron chi connectivity index (χ2n) is 7.62. The lowest BCUT2D eigenvalue weighted by Crippen LogP contribution is -1.99. The highest BCUT2D eigenvalue weighted by atomic mass is 19.1. The SMILES string of the molecule is CCCCCCCOc1ccc(-c2ccccc2-c2ccc(CC)cc2F)cc1F. The molecular formula is C27H30F2O. The number of unbranched alkanes of at least 4 members (excludes halogenated alkanes) is 4. The van der Waals surface area contributed by atoms with Crippen molar-refractivity contribution in [2.24, 2.45) is 0 Å². The lowest BCUT2D eigenvalue weighted by atomic mass is 9.93. The van der Waals surface area contributed by atoms with Gasteiger partial charge >= 0.3 is 0 Å². The van der Waals surface area contributed by atoms with Crippen LogP contribution in [0.1, 0.15) is 51.5 Å². The van der Waals surface area contributed by atoms with Gasteiger partial charge in [0.1, 0.15) is 5.82 Å². The first kappa shape index (κ1) is 22.0. The van der Waals surface area contributed by atoms with E-state index >= 15 is 0 Å². The van der Waals surface area contributed by atoms with E-state index in [1.54, 1.807) is 18.2 Å². The smallest absolute Gasteiger partial charge is 0.165 e. The van der Waals surface area contributed by atoms with Crippen LogP contribution in [0.15, 0.2) is 60.7 Å². The molecule has 0 heterocycles. The molecule has 0 saturated heterocycles. The Bertz CT molecular complexity index is 965. The van der Waals surface area contributed by atoms with E-state index in [1.165, 1.54) is 25.3 Å². The molecule has 158 valence electrons. The number of benzene rings is 3. The molecule has 0 spiro atoms. The van der Waals surface area contributed by atoms with Gasteiger partial charge in [-0.05, 0) is 53.3 Å². The third-order valence-corrected chi connectivity index (χ3v) is 5.41. The number of aryl methyl sites for hydroxylation is 1. The molecule has 3 rings (SSSR count). The predicted octanol–water partition coefficient (Wildman–Crippen LogP) is 8.21. The third kappa shape index (κ3) is 5.47. The Hall–Kier alpha value is -2.68. The van der Waals surface area contributed by atoms with E-state index in [2.05, 4.69) is 6.92 Å². The van der Waals surface area contributed by atoms with Gasteiger partial charge in [0.2, 0.25) is 0 Å². The highest BCUT2D eigenvalue weighted by Crippen LogP contribution is 2.35. The van der Waals surface area contributed by atoms with Crippen molar-refractivity contribution in [3.05, 3.63) is 77.9 Å². The Morgan fingerprint density at radius 1 is 0.700 bits per heavy atom. The summed E-state index contributed by atoms with van der Waals surface area (Å²) in [6, 6.07) is 17.8. The maximum Gasteiger partial charge on any atom is 0.165 e. The quantitative estimate of drug-likeness (QED) is 0.307. The summed E-state index contributed by atoms with van der Waals surface area (Å²) in [5.74, 6) is -0.381. The minimum atomic E-state index is -0.391. The third-order valence-electron chi connectivity index (χ3n) is 5.41. The predicted molar refractivity (Wildman–Crippen MR) is 121 cm³/mol. The average Bonchev–Trinajstić information content (AvgIpc) is 2.77. The summed E-state index contributed by atoms with van der Waals surface area (Å²) in [6.07, 6.45) is 6.42. The number of ether oxygens (including phenoxy) is 1. The topological polar surface area (TPSA) is 9.23 Å². The molecule has 3 heteroatoms. The molecule has 0 fully saturated rings. The summed E-state index contributed by atoms with van der Waals surface area (Å²) in [5, 5.41) is 0. The fourth-order valence-corrected chi connectivity index (χ4v) is 3.64. The van der Waals surface area contributed by atoms with Crippen LogP contribution in [-0.4, -0.2) is 6.61 Å². The summed E-state index contributed by atoms with van der Waals surface area (Å²) in [4.78, 5) is 0. The second-order valence-corrected chi connectivity index (χ2v) is 7.62. The number of rotatable bonds is 10. The molecule has 1 nitrogen and oxygen atoms in total. The van der Waals surface area contributed by atoms with Gasteiger partial charge in [-0.3, -0.25) is 0 Å². The van der Waals surface area contributed by atoms with Crippen molar-refractivity contribution >= 4 is 0 Å². The van der Waals surface area contributed by atoms with Gasteiger partial charge in [0.05, 0.1) is 6.61 Å². The molecule has 0 atom stereocenters. The van der Waals surface area contributed by atoms with Crippen LogP contribution in [0, 0.1) is 11.6 Å². The van der Waals surface area contributed by atoms with Crippen LogP contribution in [0.3, 0.4) is 0 Å². The van der Waals surface area contributed by atoms with Crippen LogP contribution in [0.4, 0.5) is 8.78 Å². The van der Waals surface area contributed by atoms with E-state index in [0.29, 0.717) is 17.7 Å². The normalized spacial score (nSPS) is 10.9. The van der Waals surface area contributed by atoms with Crippen molar-refractivity contribution in [3.8, 4) is 28.0 Å². The molecular weight excluding hydrogens is 378 g/mol. The molecule has 0 aliphatic heterocycles. The molecule has 0 bridgehead atoms. The lowest BCUT2D eigenvalue weighted by Gasteiger charge is -2.13. The lowest BCUT2D eigenvalue weighted by molar-refractivity contribution is 0.290. The number of halogens is 2. The minimum Gasteiger partial charge on any atom is -0.491 e. The molecule has 3 aromatic rings. The van der Waals surface area contributed by atoms with Crippen LogP contribution in [0.2, 0.25) is 0 Å². The Kier molecular flexibility index (Phi) is 8.01. The van der Waals surface area contributed by atoms with Gasteiger partial charge in [0.15, 0.2) is 11.6 Å². The molecule has 0 amide bonds. The molecule has 0 saturated carbocycles. The van der Waals surface area contributed by atoms with Gasteiger partial charge in [-0.25, -0.2) is 8.78 Å². The summed E-state index contributed by atoms with van der Waals surface area (Å²) >= 11 is 0. The van der Waals surface area contributed by atoms with E-state index in [0.717, 1.165) is 36.0 Å². The van der Waals surface area contributed by atoms with E-state index in [1.807, 2.05) is 43.3 Å². The standard InChI is InChI=1S/C27H30F2O/c1-3-5-6-7-10-17-30-27-16-14-21(19-26(27)29)22-11-8-9-12-23(22)24-15-13-20(4-2)18-25(24)28/h8-9,11-16,18-19H,3-7,10,17H2,1-2H3. The van der Waals surface area contributed by atoms with Crippen molar-refractivity contribution in [3.63, 3.8) is 0 Å². The van der Waals surface area contributed by atoms with Crippen molar-refractivity contribution in [1.29, 1.82) is 0 Å². The summed E-state index contributed by atoms with van der Waals surface area (Å²) in [6.45, 7) is 4.70. The number of hydrogen-bond donors (Lipinski definition) is 0. The molecule has 0 aliphatic rings. The van der Waals surface area contributed by atoms with Crippen molar-refractivity contribution in [2.75, 3.05) is 6.61 Å². The van der Waals surface area contributed by atoms with Crippen molar-refractivity contribution < 1.29 is 13.5 Å². The largest absolute Gasteiger partial charge is 0.491 e. The maximum absolute atomic E-state index is 14.7. The van der Waals surface area contributed by atoms with Crippen LogP contribution < -0.4 is 4.74 Å². The van der Waals surface area contributed by atoms with E-state index in [4.69, 9.17) is 4.74 Å². The van der Waals surface area contributed by atoms with Crippen LogP contribution in [0.25, 0.3) is 22.3 Å². The zero-order valence-corrected chi connectivity index (χ0v) is 17.9. The minimum absolute atomic E-state index is 0.259. The van der Waals surface area contributed by atoms with Gasteiger partial charge in [-0.1, -0.05) is 82.0 Å². The van der Waals surface area contributed by atoms with E-state index in [9.17, 15) is 8.78 Å². The summed E-state index contributed by atoms with van der Waals surface area (Å²) in [7, 11) is 0. The van der Waals surface area contributed by atoms with Gasteiger partial charge in [0.25, 0.3) is 0 Å². The molecule has 0 unspecified atom stereocenters. The van der Waals surface area contributed by atoms with Gasteiger partial charge < -0.3 is 4.74 Å². The van der Waals surface area contributed by atoms with Crippen LogP contribution >= 0.6 is 0 Å². The Balaban J connectivity index is 1.79. The van der Waals surface area contributed by atoms with Crippen molar-refractivity contribution in [1.82, 2.24) is 0 Å². The van der Waals surface area contributed by atoms with Crippen LogP contribution in [0.5, 0.6) is 5.75 Å². The zero-order valence-electron chi connectivity index (χ0n) is 17.9. The Morgan fingerprint density at radius 3 is 2.17 bits per heavy atom. The fourth-order valence-electron chi connectivity index (χ4n) is 3.64. The first-order valence-corrected chi connectivity index (χ1v) is 10.9. The molecule has 3 aromatic carbocycles. The van der Waals surface area contributed by atoms with Crippen LogP contribution in [-0.2, 0) is 6.42 Å². The summed E-state index contributed by atoms with van der Waals surface area (Å²) in [5.41, 5.74) is 3.73. The van der Waals surface area contributed by atoms with Crippen molar-refractivity contribution in [2.45, 2.75) is 52.4 Å². The molecule has 0 aliphatic carbocycles. The highest BCUT2D eigenvalue weighted by Gasteiger charge is 2.13. The number of hydrogen-bond acceptors (Lipinski definition) is 1. The first-order valence-electron chi connectivity index (χ1n) is 10.9. The Labute approximate surface area is 178 Å². The first-order chi connectivity index (χ1) is 14.6. The monoisotopic (exact) mass is 408 g/mol. The molecule has 0 N–H and O–H groups in total. The Morgan fingerprint density at radius 2 is 1.47 bits per heavy atom. The molecule has 30 heavy (non-hydrogen) atoms. The average molecular weight is 409 g/mol. The molecule has 0 aromatic heterocycles. The van der Waals surface area contributed by atoms with Gasteiger partial charge in [-0.15, -0.1) is 0 Å². The van der Waals surface area contributed by atoms with E-state index < -0.39 is 5.82 Å². The zero-order chi connectivity index (χ0) is 21.3.